The van der Waals surface area contributed by atoms with Crippen LogP contribution in [0.1, 0.15) is 29.6 Å². The summed E-state index contributed by atoms with van der Waals surface area (Å²) >= 11 is 3.20. The van der Waals surface area contributed by atoms with Gasteiger partial charge in [0.1, 0.15) is 10.1 Å². The van der Waals surface area contributed by atoms with Gasteiger partial charge in [0.25, 0.3) is 5.91 Å². The molecule has 1 fully saturated rings. The lowest BCUT2D eigenvalue weighted by Crippen LogP contribution is -2.52. The zero-order chi connectivity index (χ0) is 11.6. The number of aromatic nitrogens is 1. The summed E-state index contributed by atoms with van der Waals surface area (Å²) in [5, 5.41) is 11.7. The molecule has 1 aliphatic carbocycles. The van der Waals surface area contributed by atoms with Gasteiger partial charge in [0.05, 0.1) is 11.6 Å². The predicted octanol–water partition coefficient (Wildman–Crippen LogP) is 2.02. The van der Waals surface area contributed by atoms with E-state index in [1.807, 2.05) is 0 Å². The third-order valence-electron chi connectivity index (χ3n) is 2.76. The Bertz CT molecular complexity index is 445. The molecule has 1 N–H and O–H groups in total. The molecule has 1 heterocycles. The maximum atomic E-state index is 11.8. The first-order chi connectivity index (χ1) is 7.65. The van der Waals surface area contributed by atoms with E-state index in [4.69, 9.17) is 5.26 Å². The van der Waals surface area contributed by atoms with Crippen LogP contribution < -0.4 is 5.32 Å². The Morgan fingerprint density at radius 3 is 2.75 bits per heavy atom. The Morgan fingerprint density at radius 2 is 2.31 bits per heavy atom. The highest BCUT2D eigenvalue weighted by Gasteiger charge is 2.38. The number of halogens is 1. The number of pyridine rings is 1. The summed E-state index contributed by atoms with van der Waals surface area (Å²) in [4.78, 5) is 15.8. The van der Waals surface area contributed by atoms with Gasteiger partial charge in [-0.3, -0.25) is 4.79 Å². The van der Waals surface area contributed by atoms with Crippen molar-refractivity contribution in [3.63, 3.8) is 0 Å². The molecule has 0 aromatic carbocycles. The summed E-state index contributed by atoms with van der Waals surface area (Å²) < 4.78 is 0.683. The van der Waals surface area contributed by atoms with Crippen molar-refractivity contribution in [1.29, 1.82) is 5.26 Å². The molecule has 4 nitrogen and oxygen atoms in total. The maximum absolute atomic E-state index is 11.8. The molecule has 0 saturated heterocycles. The van der Waals surface area contributed by atoms with Gasteiger partial charge in [-0.1, -0.05) is 0 Å². The second-order valence-electron chi connectivity index (χ2n) is 3.87. The standard InChI is InChI=1S/C11H10BrN3O/c12-9-3-2-8(6-14-9)10(16)15-11(7-13)4-1-5-11/h2-3,6H,1,4-5H2,(H,15,16). The molecule has 0 aliphatic heterocycles. The van der Waals surface area contributed by atoms with Crippen LogP contribution in [0.25, 0.3) is 0 Å². The van der Waals surface area contributed by atoms with Crippen LogP contribution in [0.5, 0.6) is 0 Å². The van der Waals surface area contributed by atoms with Gasteiger partial charge in [0.2, 0.25) is 0 Å². The Balaban J connectivity index is 2.09. The van der Waals surface area contributed by atoms with Gasteiger partial charge >= 0.3 is 0 Å². The van der Waals surface area contributed by atoms with E-state index in [1.165, 1.54) is 6.20 Å². The minimum Gasteiger partial charge on any atom is -0.334 e. The van der Waals surface area contributed by atoms with E-state index in [2.05, 4.69) is 32.3 Å². The molecule has 5 heteroatoms. The van der Waals surface area contributed by atoms with Gasteiger partial charge in [0, 0.05) is 6.20 Å². The number of nitrogens with one attached hydrogen (secondary N) is 1. The van der Waals surface area contributed by atoms with Gasteiger partial charge < -0.3 is 5.32 Å². The fraction of sp³-hybridized carbons (Fsp3) is 0.364. The largest absolute Gasteiger partial charge is 0.334 e. The minimum absolute atomic E-state index is 0.235. The fourth-order valence-electron chi connectivity index (χ4n) is 1.59. The number of carbonyl (C=O) groups is 1. The van der Waals surface area contributed by atoms with E-state index >= 15 is 0 Å². The predicted molar refractivity (Wildman–Crippen MR) is 61.6 cm³/mol. The van der Waals surface area contributed by atoms with Crippen molar-refractivity contribution in [3.8, 4) is 6.07 Å². The molecule has 2 rings (SSSR count). The number of hydrogen-bond donors (Lipinski definition) is 1. The summed E-state index contributed by atoms with van der Waals surface area (Å²) in [5.74, 6) is -0.235. The third kappa shape index (κ3) is 2.07. The molecule has 16 heavy (non-hydrogen) atoms. The molecule has 1 saturated carbocycles. The van der Waals surface area contributed by atoms with E-state index in [-0.39, 0.29) is 5.91 Å². The van der Waals surface area contributed by atoms with Crippen molar-refractivity contribution in [2.75, 3.05) is 0 Å². The van der Waals surface area contributed by atoms with Crippen LogP contribution in [-0.2, 0) is 0 Å². The SMILES string of the molecule is N#CC1(NC(=O)c2ccc(Br)nc2)CCC1. The molecule has 0 bridgehead atoms. The smallest absolute Gasteiger partial charge is 0.254 e. The lowest BCUT2D eigenvalue weighted by molar-refractivity contribution is 0.0881. The van der Waals surface area contributed by atoms with Crippen LogP contribution in [0, 0.1) is 11.3 Å². The molecular weight excluding hydrogens is 270 g/mol. The van der Waals surface area contributed by atoms with Crippen molar-refractivity contribution in [2.24, 2.45) is 0 Å². The quantitative estimate of drug-likeness (QED) is 0.843. The average molecular weight is 280 g/mol. The molecule has 0 unspecified atom stereocenters. The Hall–Kier alpha value is -1.41. The minimum atomic E-state index is -0.649. The van der Waals surface area contributed by atoms with E-state index < -0.39 is 5.54 Å². The summed E-state index contributed by atoms with van der Waals surface area (Å²) in [7, 11) is 0. The summed E-state index contributed by atoms with van der Waals surface area (Å²) in [6, 6.07) is 5.55. The van der Waals surface area contributed by atoms with Crippen molar-refractivity contribution >= 4 is 21.8 Å². The molecule has 1 amide bonds. The Labute approximate surface area is 102 Å². The number of nitriles is 1. The first-order valence-electron chi connectivity index (χ1n) is 5.00. The van der Waals surface area contributed by atoms with Gasteiger partial charge in [-0.2, -0.15) is 5.26 Å². The average Bonchev–Trinajstić information content (AvgIpc) is 2.24. The number of nitrogens with zero attached hydrogens (tertiary/aromatic N) is 2. The summed E-state index contributed by atoms with van der Waals surface area (Å²) in [6.07, 6.45) is 3.95. The molecule has 0 radical (unpaired) electrons. The molecule has 1 aromatic heterocycles. The zero-order valence-corrected chi connectivity index (χ0v) is 10.1. The highest BCUT2D eigenvalue weighted by Crippen LogP contribution is 2.31. The van der Waals surface area contributed by atoms with Crippen LogP contribution >= 0.6 is 15.9 Å². The van der Waals surface area contributed by atoms with Crippen LogP contribution in [-0.4, -0.2) is 16.4 Å². The van der Waals surface area contributed by atoms with Gasteiger partial charge in [-0.15, -0.1) is 0 Å². The Morgan fingerprint density at radius 1 is 1.56 bits per heavy atom. The molecular formula is C11H10BrN3O. The first-order valence-corrected chi connectivity index (χ1v) is 5.80. The lowest BCUT2D eigenvalue weighted by atomic mass is 9.78. The summed E-state index contributed by atoms with van der Waals surface area (Å²) in [6.45, 7) is 0. The number of hydrogen-bond acceptors (Lipinski definition) is 3. The molecule has 0 spiro atoms. The van der Waals surface area contributed by atoms with E-state index in [1.54, 1.807) is 12.1 Å². The number of carbonyl (C=O) groups excluding carboxylic acids is 1. The lowest BCUT2D eigenvalue weighted by Gasteiger charge is -2.35. The second-order valence-corrected chi connectivity index (χ2v) is 4.68. The highest BCUT2D eigenvalue weighted by molar-refractivity contribution is 9.10. The molecule has 0 atom stereocenters. The summed E-state index contributed by atoms with van der Waals surface area (Å²) in [5.41, 5.74) is -0.172. The first kappa shape index (κ1) is 11.1. The fourth-order valence-corrected chi connectivity index (χ4v) is 1.83. The molecule has 1 aliphatic rings. The maximum Gasteiger partial charge on any atom is 0.254 e. The van der Waals surface area contributed by atoms with Gasteiger partial charge in [-0.05, 0) is 47.3 Å². The van der Waals surface area contributed by atoms with Crippen molar-refractivity contribution in [2.45, 2.75) is 24.8 Å². The molecule has 82 valence electrons. The highest BCUT2D eigenvalue weighted by atomic mass is 79.9. The topological polar surface area (TPSA) is 65.8 Å². The normalized spacial score (nSPS) is 17.0. The number of rotatable bonds is 2. The van der Waals surface area contributed by atoms with Crippen molar-refractivity contribution in [1.82, 2.24) is 10.3 Å². The second kappa shape index (κ2) is 4.22. The van der Waals surface area contributed by atoms with Crippen LogP contribution in [0.4, 0.5) is 0 Å². The van der Waals surface area contributed by atoms with Crippen molar-refractivity contribution in [3.05, 3.63) is 28.5 Å². The van der Waals surface area contributed by atoms with Crippen molar-refractivity contribution < 1.29 is 4.79 Å². The van der Waals surface area contributed by atoms with Gasteiger partial charge in [0.15, 0.2) is 0 Å². The van der Waals surface area contributed by atoms with Crippen LogP contribution in [0.2, 0.25) is 0 Å². The van der Waals surface area contributed by atoms with Crippen LogP contribution in [0.3, 0.4) is 0 Å². The third-order valence-corrected chi connectivity index (χ3v) is 3.23. The zero-order valence-electron chi connectivity index (χ0n) is 8.53. The Kier molecular flexibility index (Phi) is 2.92. The van der Waals surface area contributed by atoms with E-state index in [0.717, 1.165) is 19.3 Å². The van der Waals surface area contributed by atoms with Crippen LogP contribution in [0.15, 0.2) is 22.9 Å². The van der Waals surface area contributed by atoms with E-state index in [9.17, 15) is 4.79 Å². The number of amides is 1. The molecule has 1 aromatic rings. The van der Waals surface area contributed by atoms with Gasteiger partial charge in [-0.25, -0.2) is 4.98 Å². The van der Waals surface area contributed by atoms with E-state index in [0.29, 0.717) is 10.2 Å². The monoisotopic (exact) mass is 279 g/mol.